The number of nitrogens with one attached hydrogen (secondary N) is 3. The van der Waals surface area contributed by atoms with Crippen molar-refractivity contribution in [2.24, 2.45) is 11.8 Å². The number of carbonyl (C=O) groups excluding carboxylic acids is 2. The number of carboxylic acid groups (broad SMARTS) is 1. The normalized spacial score (nSPS) is 36.4. The third kappa shape index (κ3) is 4.27. The Morgan fingerprint density at radius 3 is 2.66 bits per heavy atom. The Labute approximate surface area is 171 Å². The van der Waals surface area contributed by atoms with Crippen LogP contribution < -0.4 is 16.2 Å². The number of hydrogen-bond donors (Lipinski definition) is 4. The molecule has 0 aromatic rings. The molecule has 29 heavy (non-hydrogen) atoms. The molecule has 9 nitrogen and oxygen atoms in total. The number of hydrazine groups is 1. The van der Waals surface area contributed by atoms with Gasteiger partial charge in [0, 0.05) is 44.7 Å². The Kier molecular flexibility index (Phi) is 6.08. The first-order valence-electron chi connectivity index (χ1n) is 11.0. The van der Waals surface area contributed by atoms with Crippen molar-refractivity contribution in [3.05, 3.63) is 0 Å². The molecule has 1 aliphatic carbocycles. The van der Waals surface area contributed by atoms with E-state index < -0.39 is 12.0 Å². The standard InChI is InChI=1S/C20H33N5O4/c1-24(8-7-17(26)27)20(29)18-13-11-25(9-6-15(13)22-23-18)19(28)16-10-12-4-2-3-5-14(12)21-16/h12-16,18,21-23H,2-11H2,1H3,(H,26,27). The molecule has 0 spiro atoms. The van der Waals surface area contributed by atoms with Gasteiger partial charge in [-0.2, -0.15) is 0 Å². The monoisotopic (exact) mass is 407 g/mol. The Hall–Kier alpha value is -1.71. The molecule has 4 fully saturated rings. The van der Waals surface area contributed by atoms with Crippen LogP contribution >= 0.6 is 0 Å². The van der Waals surface area contributed by atoms with Crippen LogP contribution in [0.4, 0.5) is 0 Å². The summed E-state index contributed by atoms with van der Waals surface area (Å²) in [5, 5.41) is 12.4. The van der Waals surface area contributed by atoms with Gasteiger partial charge in [0.25, 0.3) is 0 Å². The first-order chi connectivity index (χ1) is 13.9. The number of hydrogen-bond acceptors (Lipinski definition) is 6. The van der Waals surface area contributed by atoms with Gasteiger partial charge in [0.1, 0.15) is 6.04 Å². The topological polar surface area (TPSA) is 114 Å². The van der Waals surface area contributed by atoms with Gasteiger partial charge in [-0.25, -0.2) is 5.43 Å². The van der Waals surface area contributed by atoms with E-state index >= 15 is 0 Å². The SMILES string of the molecule is CN(CCC(=O)O)C(=O)C1NNC2CCN(C(=O)C3CC4CCCCC4N3)CC21. The molecule has 6 unspecified atom stereocenters. The molecule has 1 saturated carbocycles. The van der Waals surface area contributed by atoms with Gasteiger partial charge in [-0.3, -0.25) is 19.8 Å². The summed E-state index contributed by atoms with van der Waals surface area (Å²) in [6, 6.07) is 0.116. The number of rotatable bonds is 5. The molecule has 2 amide bonds. The third-order valence-electron chi connectivity index (χ3n) is 7.29. The van der Waals surface area contributed by atoms with E-state index in [9.17, 15) is 14.4 Å². The molecule has 3 aliphatic heterocycles. The maximum atomic E-state index is 13.2. The molecule has 3 saturated heterocycles. The van der Waals surface area contributed by atoms with Crippen LogP contribution in [0.15, 0.2) is 0 Å². The van der Waals surface area contributed by atoms with E-state index in [-0.39, 0.29) is 42.8 Å². The fraction of sp³-hybridized carbons (Fsp3) is 0.850. The molecule has 4 rings (SSSR count). The van der Waals surface area contributed by atoms with Gasteiger partial charge in [-0.15, -0.1) is 0 Å². The van der Waals surface area contributed by atoms with E-state index in [1.807, 2.05) is 4.90 Å². The van der Waals surface area contributed by atoms with Crippen LogP contribution in [-0.2, 0) is 14.4 Å². The van der Waals surface area contributed by atoms with Gasteiger partial charge < -0.3 is 20.2 Å². The maximum absolute atomic E-state index is 13.2. The zero-order chi connectivity index (χ0) is 20.5. The number of fused-ring (bicyclic) bond motifs is 2. The number of likely N-dealkylation sites (tertiary alicyclic amines) is 1. The summed E-state index contributed by atoms with van der Waals surface area (Å²) in [7, 11) is 1.64. The lowest BCUT2D eigenvalue weighted by molar-refractivity contribution is -0.140. The van der Waals surface area contributed by atoms with Crippen LogP contribution in [0.5, 0.6) is 0 Å². The zero-order valence-electron chi connectivity index (χ0n) is 17.1. The summed E-state index contributed by atoms with van der Waals surface area (Å²) in [6.07, 6.45) is 6.59. The lowest BCUT2D eigenvalue weighted by atomic mass is 9.84. The van der Waals surface area contributed by atoms with Crippen LogP contribution in [-0.4, -0.2) is 83.5 Å². The van der Waals surface area contributed by atoms with Crippen LogP contribution in [0.3, 0.4) is 0 Å². The van der Waals surface area contributed by atoms with Crippen LogP contribution in [0, 0.1) is 11.8 Å². The van der Waals surface area contributed by atoms with Gasteiger partial charge in [0.15, 0.2) is 0 Å². The molecule has 4 aliphatic rings. The lowest BCUT2D eigenvalue weighted by Gasteiger charge is -2.37. The maximum Gasteiger partial charge on any atom is 0.305 e. The van der Waals surface area contributed by atoms with Crippen LogP contribution in [0.1, 0.15) is 44.9 Å². The predicted molar refractivity (Wildman–Crippen MR) is 106 cm³/mol. The van der Waals surface area contributed by atoms with Gasteiger partial charge in [-0.1, -0.05) is 12.8 Å². The minimum Gasteiger partial charge on any atom is -0.481 e. The highest BCUT2D eigenvalue weighted by molar-refractivity contribution is 5.84. The summed E-state index contributed by atoms with van der Waals surface area (Å²) in [5.41, 5.74) is 6.31. The molecular weight excluding hydrogens is 374 g/mol. The fourth-order valence-electron chi connectivity index (χ4n) is 5.59. The van der Waals surface area contributed by atoms with Gasteiger partial charge >= 0.3 is 5.97 Å². The van der Waals surface area contributed by atoms with Crippen molar-refractivity contribution in [2.45, 2.75) is 69.1 Å². The molecule has 4 N–H and O–H groups in total. The van der Waals surface area contributed by atoms with E-state index in [0.29, 0.717) is 25.0 Å². The number of nitrogens with zero attached hydrogens (tertiary/aromatic N) is 2. The van der Waals surface area contributed by atoms with Crippen molar-refractivity contribution in [1.29, 1.82) is 0 Å². The molecular formula is C20H33N5O4. The van der Waals surface area contributed by atoms with Gasteiger partial charge in [-0.05, 0) is 31.6 Å². The number of carboxylic acids is 1. The average molecular weight is 408 g/mol. The molecule has 0 bridgehead atoms. The first-order valence-corrected chi connectivity index (χ1v) is 11.0. The zero-order valence-corrected chi connectivity index (χ0v) is 17.1. The molecule has 9 heteroatoms. The molecule has 0 aromatic carbocycles. The number of amides is 2. The molecule has 0 radical (unpaired) electrons. The quantitative estimate of drug-likeness (QED) is 0.487. The molecule has 162 valence electrons. The minimum absolute atomic E-state index is 0.00356. The smallest absolute Gasteiger partial charge is 0.305 e. The molecule has 6 atom stereocenters. The summed E-state index contributed by atoms with van der Waals surface area (Å²) >= 11 is 0. The van der Waals surface area contributed by atoms with Crippen molar-refractivity contribution in [3.8, 4) is 0 Å². The van der Waals surface area contributed by atoms with Gasteiger partial charge in [0.05, 0.1) is 12.5 Å². The van der Waals surface area contributed by atoms with Crippen molar-refractivity contribution >= 4 is 17.8 Å². The average Bonchev–Trinajstić information content (AvgIpc) is 3.34. The molecule has 3 heterocycles. The summed E-state index contributed by atoms with van der Waals surface area (Å²) < 4.78 is 0. The highest BCUT2D eigenvalue weighted by Gasteiger charge is 2.47. The Morgan fingerprint density at radius 2 is 1.90 bits per heavy atom. The summed E-state index contributed by atoms with van der Waals surface area (Å²) in [6.45, 7) is 1.44. The van der Waals surface area contributed by atoms with Crippen molar-refractivity contribution in [1.82, 2.24) is 26.0 Å². The van der Waals surface area contributed by atoms with Crippen molar-refractivity contribution < 1.29 is 19.5 Å². The van der Waals surface area contributed by atoms with Crippen LogP contribution in [0.2, 0.25) is 0 Å². The highest BCUT2D eigenvalue weighted by Crippen LogP contribution is 2.34. The lowest BCUT2D eigenvalue weighted by Crippen LogP contribution is -2.55. The minimum atomic E-state index is -0.917. The number of piperidine rings is 1. The van der Waals surface area contributed by atoms with Gasteiger partial charge in [0.2, 0.25) is 11.8 Å². The number of carbonyl (C=O) groups is 3. The first kappa shape index (κ1) is 20.6. The second kappa shape index (κ2) is 8.57. The van der Waals surface area contributed by atoms with E-state index in [0.717, 1.165) is 12.8 Å². The van der Waals surface area contributed by atoms with Crippen molar-refractivity contribution in [2.75, 3.05) is 26.7 Å². The van der Waals surface area contributed by atoms with E-state index in [1.165, 1.54) is 30.6 Å². The van der Waals surface area contributed by atoms with E-state index in [2.05, 4.69) is 16.2 Å². The predicted octanol–water partition coefficient (Wildman–Crippen LogP) is -0.466. The third-order valence-corrected chi connectivity index (χ3v) is 7.29. The second-order valence-electron chi connectivity index (χ2n) is 9.12. The number of aliphatic carboxylic acids is 1. The van der Waals surface area contributed by atoms with E-state index in [1.54, 1.807) is 7.05 Å². The summed E-state index contributed by atoms with van der Waals surface area (Å²) in [4.78, 5) is 40.2. The largest absolute Gasteiger partial charge is 0.481 e. The summed E-state index contributed by atoms with van der Waals surface area (Å²) in [5.74, 6) is -0.238. The van der Waals surface area contributed by atoms with Crippen LogP contribution in [0.25, 0.3) is 0 Å². The Balaban J connectivity index is 1.36. The van der Waals surface area contributed by atoms with E-state index in [4.69, 9.17) is 5.11 Å². The molecule has 0 aromatic heterocycles. The fourth-order valence-corrected chi connectivity index (χ4v) is 5.59. The second-order valence-corrected chi connectivity index (χ2v) is 9.12. The van der Waals surface area contributed by atoms with Crippen molar-refractivity contribution in [3.63, 3.8) is 0 Å². The Morgan fingerprint density at radius 1 is 1.10 bits per heavy atom. The number of likely N-dealkylation sites (N-methyl/N-ethyl adjacent to an activating group) is 1. The Bertz CT molecular complexity index is 645. The highest BCUT2D eigenvalue weighted by atomic mass is 16.4.